The van der Waals surface area contributed by atoms with Gasteiger partial charge in [-0.1, -0.05) is 18.2 Å². The van der Waals surface area contributed by atoms with Gasteiger partial charge in [0.25, 0.3) is 4.82 Å². The molecule has 0 heterocycles. The minimum Gasteiger partial charge on any atom is -0.303 e. The lowest BCUT2D eigenvalue weighted by Crippen LogP contribution is -2.24. The number of amides is 1. The van der Waals surface area contributed by atoms with Gasteiger partial charge in [-0.3, -0.25) is 4.79 Å². The van der Waals surface area contributed by atoms with E-state index in [0.717, 1.165) is 5.69 Å². The van der Waals surface area contributed by atoms with Crippen LogP contribution in [0, 0.1) is 0 Å². The molecule has 0 aromatic heterocycles. The number of nitrogens with zero attached hydrogens (tertiary/aromatic N) is 1. The van der Waals surface area contributed by atoms with Gasteiger partial charge in [-0.05, 0) is 19.1 Å². The average molecular weight is 228 g/mol. The van der Waals surface area contributed by atoms with Crippen LogP contribution in [0.1, 0.15) is 6.92 Å². The molecular formula is C9H10BrNO. The van der Waals surface area contributed by atoms with Crippen LogP contribution in [0.5, 0.6) is 0 Å². The van der Waals surface area contributed by atoms with E-state index < -0.39 is 0 Å². The van der Waals surface area contributed by atoms with Crippen LogP contribution in [0.4, 0.5) is 10.5 Å². The second-order valence-electron chi connectivity index (χ2n) is 2.33. The molecule has 0 N–H and O–H groups in total. The molecule has 0 saturated heterocycles. The molecular weight excluding hydrogens is 218 g/mol. The quantitative estimate of drug-likeness (QED) is 0.562. The Hall–Kier alpha value is -0.830. The molecule has 0 spiro atoms. The first kappa shape index (κ1) is 9.26. The maximum Gasteiger partial charge on any atom is 0.294 e. The van der Waals surface area contributed by atoms with E-state index in [1.54, 1.807) is 4.90 Å². The Kier molecular flexibility index (Phi) is 3.29. The molecule has 1 amide bonds. The lowest BCUT2D eigenvalue weighted by molar-refractivity contribution is 0.266. The predicted octanol–water partition coefficient (Wildman–Crippen LogP) is 3.03. The zero-order chi connectivity index (χ0) is 8.97. The maximum atomic E-state index is 11.0. The van der Waals surface area contributed by atoms with Crippen LogP contribution >= 0.6 is 15.9 Å². The summed E-state index contributed by atoms with van der Waals surface area (Å²) in [7, 11) is 0. The van der Waals surface area contributed by atoms with Gasteiger partial charge in [0.15, 0.2) is 0 Å². The minimum absolute atomic E-state index is 0.101. The summed E-state index contributed by atoms with van der Waals surface area (Å²) in [5.74, 6) is 0. The molecule has 3 heteroatoms. The number of benzene rings is 1. The molecule has 0 unspecified atom stereocenters. The van der Waals surface area contributed by atoms with Gasteiger partial charge in [-0.15, -0.1) is 0 Å². The SMILES string of the molecule is CCN(C(=O)Br)c1ccccc1. The van der Waals surface area contributed by atoms with E-state index in [2.05, 4.69) is 15.9 Å². The van der Waals surface area contributed by atoms with Gasteiger partial charge in [0.05, 0.1) is 0 Å². The third-order valence-electron chi connectivity index (χ3n) is 1.60. The van der Waals surface area contributed by atoms with Crippen molar-refractivity contribution in [2.24, 2.45) is 0 Å². The summed E-state index contributed by atoms with van der Waals surface area (Å²) in [4.78, 5) is 12.6. The molecule has 0 fully saturated rings. The third kappa shape index (κ3) is 2.08. The van der Waals surface area contributed by atoms with Gasteiger partial charge in [-0.2, -0.15) is 0 Å². The second-order valence-corrected chi connectivity index (χ2v) is 3.01. The van der Waals surface area contributed by atoms with Gasteiger partial charge in [-0.25, -0.2) is 0 Å². The van der Waals surface area contributed by atoms with Gasteiger partial charge in [0, 0.05) is 28.2 Å². The molecule has 0 atom stereocenters. The topological polar surface area (TPSA) is 20.3 Å². The van der Waals surface area contributed by atoms with E-state index in [-0.39, 0.29) is 4.82 Å². The number of halogens is 1. The number of hydrogen-bond donors (Lipinski definition) is 0. The Morgan fingerprint density at radius 2 is 2.00 bits per heavy atom. The van der Waals surface area contributed by atoms with Crippen molar-refractivity contribution < 1.29 is 4.79 Å². The normalized spacial score (nSPS) is 9.50. The summed E-state index contributed by atoms with van der Waals surface area (Å²) >= 11 is 2.92. The molecule has 12 heavy (non-hydrogen) atoms. The van der Waals surface area contributed by atoms with Crippen LogP contribution in [0.2, 0.25) is 0 Å². The van der Waals surface area contributed by atoms with Crippen molar-refractivity contribution >= 4 is 26.4 Å². The zero-order valence-electron chi connectivity index (χ0n) is 6.83. The van der Waals surface area contributed by atoms with Gasteiger partial charge < -0.3 is 4.90 Å². The van der Waals surface area contributed by atoms with Gasteiger partial charge in [0.2, 0.25) is 0 Å². The average Bonchev–Trinajstić information content (AvgIpc) is 2.07. The number of hydrogen-bond acceptors (Lipinski definition) is 1. The van der Waals surface area contributed by atoms with Crippen molar-refractivity contribution in [2.45, 2.75) is 6.92 Å². The number of carbonyl (C=O) groups is 1. The molecule has 0 saturated carbocycles. The van der Waals surface area contributed by atoms with Crippen molar-refractivity contribution in [3.63, 3.8) is 0 Å². The van der Waals surface area contributed by atoms with Crippen molar-refractivity contribution in [3.05, 3.63) is 30.3 Å². The highest BCUT2D eigenvalue weighted by Gasteiger charge is 2.08. The Labute approximate surface area is 80.3 Å². The monoisotopic (exact) mass is 227 g/mol. The van der Waals surface area contributed by atoms with Crippen LogP contribution in [-0.4, -0.2) is 11.4 Å². The van der Waals surface area contributed by atoms with Gasteiger partial charge >= 0.3 is 0 Å². The summed E-state index contributed by atoms with van der Waals surface area (Å²) in [6.45, 7) is 2.61. The highest BCUT2D eigenvalue weighted by atomic mass is 79.9. The molecule has 2 nitrogen and oxygen atoms in total. The lowest BCUT2D eigenvalue weighted by atomic mass is 10.3. The lowest BCUT2D eigenvalue weighted by Gasteiger charge is -2.17. The first-order valence-corrected chi connectivity index (χ1v) is 4.57. The first-order chi connectivity index (χ1) is 5.75. The number of rotatable bonds is 2. The summed E-state index contributed by atoms with van der Waals surface area (Å²) in [6.07, 6.45) is 0. The Morgan fingerprint density at radius 3 is 2.42 bits per heavy atom. The molecule has 0 aliphatic heterocycles. The van der Waals surface area contributed by atoms with Crippen LogP contribution in [0.25, 0.3) is 0 Å². The van der Waals surface area contributed by atoms with Crippen LogP contribution in [-0.2, 0) is 0 Å². The van der Waals surface area contributed by atoms with E-state index in [1.807, 2.05) is 37.3 Å². The number of anilines is 1. The van der Waals surface area contributed by atoms with Crippen molar-refractivity contribution in [3.8, 4) is 0 Å². The fourth-order valence-electron chi connectivity index (χ4n) is 1.02. The zero-order valence-corrected chi connectivity index (χ0v) is 8.41. The molecule has 64 valence electrons. The summed E-state index contributed by atoms with van der Waals surface area (Å²) in [5, 5.41) is 0. The highest BCUT2D eigenvalue weighted by molar-refractivity contribution is 9.18. The Bertz CT molecular complexity index is 260. The molecule has 0 bridgehead atoms. The van der Waals surface area contributed by atoms with Gasteiger partial charge in [0.1, 0.15) is 0 Å². The van der Waals surface area contributed by atoms with E-state index in [1.165, 1.54) is 0 Å². The summed E-state index contributed by atoms with van der Waals surface area (Å²) in [5.41, 5.74) is 0.918. The minimum atomic E-state index is -0.101. The van der Waals surface area contributed by atoms with E-state index >= 15 is 0 Å². The fourth-order valence-corrected chi connectivity index (χ4v) is 1.47. The first-order valence-electron chi connectivity index (χ1n) is 3.77. The van der Waals surface area contributed by atoms with Crippen LogP contribution < -0.4 is 4.90 Å². The third-order valence-corrected chi connectivity index (χ3v) is 2.02. The standard InChI is InChI=1S/C9H10BrNO/c1-2-11(9(10)12)8-6-4-3-5-7-8/h3-7H,2H2,1H3. The molecule has 1 aromatic carbocycles. The Balaban J connectivity index is 2.88. The molecule has 0 aliphatic carbocycles. The second kappa shape index (κ2) is 4.26. The van der Waals surface area contributed by atoms with E-state index in [9.17, 15) is 4.79 Å². The van der Waals surface area contributed by atoms with Crippen molar-refractivity contribution in [2.75, 3.05) is 11.4 Å². The number of para-hydroxylation sites is 1. The van der Waals surface area contributed by atoms with Crippen LogP contribution in [0.3, 0.4) is 0 Å². The van der Waals surface area contributed by atoms with Crippen LogP contribution in [0.15, 0.2) is 30.3 Å². The molecule has 0 radical (unpaired) electrons. The highest BCUT2D eigenvalue weighted by Crippen LogP contribution is 2.15. The summed E-state index contributed by atoms with van der Waals surface area (Å²) in [6, 6.07) is 9.56. The predicted molar refractivity (Wildman–Crippen MR) is 53.8 cm³/mol. The fraction of sp³-hybridized carbons (Fsp3) is 0.222. The molecule has 1 rings (SSSR count). The van der Waals surface area contributed by atoms with E-state index in [0.29, 0.717) is 6.54 Å². The van der Waals surface area contributed by atoms with E-state index in [4.69, 9.17) is 0 Å². The molecule has 1 aromatic rings. The largest absolute Gasteiger partial charge is 0.303 e. The van der Waals surface area contributed by atoms with Crippen molar-refractivity contribution in [1.29, 1.82) is 0 Å². The van der Waals surface area contributed by atoms with Crippen molar-refractivity contribution in [1.82, 2.24) is 0 Å². The smallest absolute Gasteiger partial charge is 0.294 e. The number of carbonyl (C=O) groups excluding carboxylic acids is 1. The maximum absolute atomic E-state index is 11.0. The summed E-state index contributed by atoms with van der Waals surface area (Å²) < 4.78 is 0. The Morgan fingerprint density at radius 1 is 1.42 bits per heavy atom. The molecule has 0 aliphatic rings.